The fourth-order valence-corrected chi connectivity index (χ4v) is 2.18. The Morgan fingerprint density at radius 1 is 1.47 bits per heavy atom. The SMILES string of the molecule is CC(Br)C(=O)N(Cc1ccc(Cl)cc1)C1CC1. The first-order valence-corrected chi connectivity index (χ1v) is 7.06. The highest BCUT2D eigenvalue weighted by atomic mass is 79.9. The van der Waals surface area contributed by atoms with E-state index in [1.807, 2.05) is 36.1 Å². The molecule has 0 heterocycles. The Labute approximate surface area is 115 Å². The Bertz CT molecular complexity index is 400. The minimum Gasteiger partial charge on any atom is -0.334 e. The van der Waals surface area contributed by atoms with E-state index in [0.29, 0.717) is 12.6 Å². The van der Waals surface area contributed by atoms with Crippen LogP contribution in [0.25, 0.3) is 0 Å². The predicted molar refractivity (Wildman–Crippen MR) is 73.4 cm³/mol. The third-order valence-electron chi connectivity index (χ3n) is 2.88. The van der Waals surface area contributed by atoms with Crippen LogP contribution < -0.4 is 0 Å². The number of halogens is 2. The summed E-state index contributed by atoms with van der Waals surface area (Å²) in [4.78, 5) is 13.9. The topological polar surface area (TPSA) is 20.3 Å². The molecule has 4 heteroatoms. The summed E-state index contributed by atoms with van der Waals surface area (Å²) in [6, 6.07) is 8.11. The maximum Gasteiger partial charge on any atom is 0.236 e. The van der Waals surface area contributed by atoms with Crippen LogP contribution in [-0.4, -0.2) is 21.7 Å². The summed E-state index contributed by atoms with van der Waals surface area (Å²) in [5.74, 6) is 0.169. The normalized spacial score (nSPS) is 16.6. The predicted octanol–water partition coefficient (Wildman–Crippen LogP) is 3.61. The largest absolute Gasteiger partial charge is 0.334 e. The van der Waals surface area contributed by atoms with E-state index in [1.165, 1.54) is 0 Å². The highest BCUT2D eigenvalue weighted by Gasteiger charge is 2.33. The second kappa shape index (κ2) is 5.40. The fraction of sp³-hybridized carbons (Fsp3) is 0.462. The van der Waals surface area contributed by atoms with Gasteiger partial charge in [-0.2, -0.15) is 0 Å². The van der Waals surface area contributed by atoms with Crippen LogP contribution in [0.5, 0.6) is 0 Å². The summed E-state index contributed by atoms with van der Waals surface area (Å²) in [5, 5.41) is 0.729. The van der Waals surface area contributed by atoms with Gasteiger partial charge in [0.05, 0.1) is 4.83 Å². The van der Waals surface area contributed by atoms with E-state index >= 15 is 0 Å². The standard InChI is InChI=1S/C13H15BrClNO/c1-9(14)13(17)16(12-6-7-12)8-10-2-4-11(15)5-3-10/h2-5,9,12H,6-8H2,1H3. The highest BCUT2D eigenvalue weighted by molar-refractivity contribution is 9.10. The number of hydrogen-bond donors (Lipinski definition) is 0. The quantitative estimate of drug-likeness (QED) is 0.777. The zero-order valence-corrected chi connectivity index (χ0v) is 12.0. The maximum absolute atomic E-state index is 12.0. The summed E-state index contributed by atoms with van der Waals surface area (Å²) in [7, 11) is 0. The van der Waals surface area contributed by atoms with Crippen LogP contribution in [0.15, 0.2) is 24.3 Å². The van der Waals surface area contributed by atoms with E-state index in [4.69, 9.17) is 11.6 Å². The van der Waals surface area contributed by atoms with Crippen LogP contribution in [0.4, 0.5) is 0 Å². The number of carbonyl (C=O) groups is 1. The minimum absolute atomic E-state index is 0.115. The molecule has 1 fully saturated rings. The molecule has 1 unspecified atom stereocenters. The summed E-state index contributed by atoms with van der Waals surface area (Å²) in [6.45, 7) is 2.55. The van der Waals surface area contributed by atoms with Gasteiger partial charge in [-0.15, -0.1) is 0 Å². The summed E-state index contributed by atoms with van der Waals surface area (Å²) < 4.78 is 0. The van der Waals surface area contributed by atoms with Crippen LogP contribution in [0.1, 0.15) is 25.3 Å². The zero-order valence-electron chi connectivity index (χ0n) is 9.70. The number of hydrogen-bond acceptors (Lipinski definition) is 1. The molecule has 92 valence electrons. The molecule has 0 saturated heterocycles. The van der Waals surface area contributed by atoms with E-state index in [9.17, 15) is 4.79 Å². The first-order chi connectivity index (χ1) is 8.08. The number of carbonyl (C=O) groups excluding carboxylic acids is 1. The molecule has 1 amide bonds. The van der Waals surface area contributed by atoms with Gasteiger partial charge in [0.2, 0.25) is 5.91 Å². The molecule has 1 aromatic rings. The number of rotatable bonds is 4. The molecule has 2 rings (SSSR count). The summed E-state index contributed by atoms with van der Waals surface area (Å²) >= 11 is 9.20. The van der Waals surface area contributed by atoms with Gasteiger partial charge in [-0.05, 0) is 37.5 Å². The Balaban J connectivity index is 2.07. The molecule has 0 N–H and O–H groups in total. The molecule has 0 aromatic heterocycles. The Hall–Kier alpha value is -0.540. The van der Waals surface area contributed by atoms with Gasteiger partial charge >= 0.3 is 0 Å². The first kappa shape index (κ1) is 12.9. The van der Waals surface area contributed by atoms with Crippen LogP contribution in [-0.2, 0) is 11.3 Å². The van der Waals surface area contributed by atoms with E-state index in [0.717, 1.165) is 23.4 Å². The van der Waals surface area contributed by atoms with Crippen molar-refractivity contribution in [3.05, 3.63) is 34.9 Å². The van der Waals surface area contributed by atoms with Crippen molar-refractivity contribution in [2.24, 2.45) is 0 Å². The monoisotopic (exact) mass is 315 g/mol. The first-order valence-electron chi connectivity index (χ1n) is 5.77. The van der Waals surface area contributed by atoms with Crippen molar-refractivity contribution in [1.29, 1.82) is 0 Å². The van der Waals surface area contributed by atoms with Gasteiger partial charge in [0.15, 0.2) is 0 Å². The fourth-order valence-electron chi connectivity index (χ4n) is 1.79. The molecule has 1 atom stereocenters. The van der Waals surface area contributed by atoms with Crippen molar-refractivity contribution < 1.29 is 4.79 Å². The molecule has 1 aromatic carbocycles. The molecular weight excluding hydrogens is 302 g/mol. The van der Waals surface area contributed by atoms with Gasteiger partial charge in [0.25, 0.3) is 0 Å². The Kier molecular flexibility index (Phi) is 4.10. The molecule has 0 aliphatic heterocycles. The van der Waals surface area contributed by atoms with Gasteiger partial charge < -0.3 is 4.90 Å². The molecule has 0 radical (unpaired) electrons. The number of amides is 1. The van der Waals surface area contributed by atoms with Gasteiger partial charge in [0, 0.05) is 17.6 Å². The van der Waals surface area contributed by atoms with Crippen LogP contribution in [0, 0.1) is 0 Å². The second-order valence-electron chi connectivity index (χ2n) is 4.44. The highest BCUT2D eigenvalue weighted by Crippen LogP contribution is 2.29. The molecule has 0 bridgehead atoms. The van der Waals surface area contributed by atoms with Gasteiger partial charge in [0.1, 0.15) is 0 Å². The zero-order chi connectivity index (χ0) is 12.4. The Morgan fingerprint density at radius 3 is 2.53 bits per heavy atom. The van der Waals surface area contributed by atoms with Crippen molar-refractivity contribution in [1.82, 2.24) is 4.90 Å². The average Bonchev–Trinajstić information content (AvgIpc) is 3.11. The van der Waals surface area contributed by atoms with Gasteiger partial charge in [-0.25, -0.2) is 0 Å². The minimum atomic E-state index is -0.115. The molecule has 2 nitrogen and oxygen atoms in total. The van der Waals surface area contributed by atoms with Crippen molar-refractivity contribution in [2.75, 3.05) is 0 Å². The van der Waals surface area contributed by atoms with Crippen molar-refractivity contribution >= 4 is 33.4 Å². The molecular formula is C13H15BrClNO. The summed E-state index contributed by atoms with van der Waals surface area (Å²) in [5.41, 5.74) is 1.13. The van der Waals surface area contributed by atoms with Crippen molar-refractivity contribution in [3.8, 4) is 0 Å². The van der Waals surface area contributed by atoms with Crippen LogP contribution in [0.2, 0.25) is 5.02 Å². The van der Waals surface area contributed by atoms with Crippen molar-refractivity contribution in [2.45, 2.75) is 37.2 Å². The smallest absolute Gasteiger partial charge is 0.236 e. The number of alkyl halides is 1. The van der Waals surface area contributed by atoms with E-state index in [2.05, 4.69) is 15.9 Å². The van der Waals surface area contributed by atoms with E-state index < -0.39 is 0 Å². The molecule has 17 heavy (non-hydrogen) atoms. The Morgan fingerprint density at radius 2 is 2.06 bits per heavy atom. The molecule has 1 aliphatic rings. The number of nitrogens with zero attached hydrogens (tertiary/aromatic N) is 1. The van der Waals surface area contributed by atoms with E-state index in [1.54, 1.807) is 0 Å². The van der Waals surface area contributed by atoms with Gasteiger partial charge in [-0.3, -0.25) is 4.79 Å². The van der Waals surface area contributed by atoms with Crippen LogP contribution in [0.3, 0.4) is 0 Å². The third kappa shape index (κ3) is 3.46. The summed E-state index contributed by atoms with van der Waals surface area (Å²) in [6.07, 6.45) is 2.25. The maximum atomic E-state index is 12.0. The number of benzene rings is 1. The second-order valence-corrected chi connectivity index (χ2v) is 6.25. The lowest BCUT2D eigenvalue weighted by Gasteiger charge is -2.24. The van der Waals surface area contributed by atoms with Crippen LogP contribution >= 0.6 is 27.5 Å². The molecule has 0 spiro atoms. The lowest BCUT2D eigenvalue weighted by atomic mass is 10.2. The lowest BCUT2D eigenvalue weighted by molar-refractivity contribution is -0.131. The van der Waals surface area contributed by atoms with Crippen molar-refractivity contribution in [3.63, 3.8) is 0 Å². The lowest BCUT2D eigenvalue weighted by Crippen LogP contribution is -2.36. The molecule has 1 saturated carbocycles. The molecule has 1 aliphatic carbocycles. The third-order valence-corrected chi connectivity index (χ3v) is 3.52. The van der Waals surface area contributed by atoms with E-state index in [-0.39, 0.29) is 10.7 Å². The van der Waals surface area contributed by atoms with Gasteiger partial charge in [-0.1, -0.05) is 39.7 Å². The average molecular weight is 317 g/mol.